The molecule has 0 atom stereocenters. The van der Waals surface area contributed by atoms with E-state index in [0.717, 1.165) is 24.0 Å². The first-order valence-electron chi connectivity index (χ1n) is 9.76. The molecule has 0 aliphatic heterocycles. The molecule has 0 spiro atoms. The third kappa shape index (κ3) is 7.62. The van der Waals surface area contributed by atoms with Crippen LogP contribution in [-0.2, 0) is 20.7 Å². The van der Waals surface area contributed by atoms with Gasteiger partial charge >= 0.3 is 5.97 Å². The Balaban J connectivity index is 1.82. The third-order valence-corrected chi connectivity index (χ3v) is 4.35. The standard InChI is InChI=1S/C24H28NO5/c1-4-15-30-24(27)14-13-23(26)25-20-10-6-9-18(16-20)7-5-8-19-11-12-21(28-2)22(17-19)29-3/h4,6-7,9-12,16-17H,1,5,8,13-15H2,2-3H3,(H,25,26). The lowest BCUT2D eigenvalue weighted by Gasteiger charge is -2.10. The Morgan fingerprint density at radius 2 is 1.83 bits per heavy atom. The molecular formula is C24H28NO5. The van der Waals surface area contributed by atoms with Crippen molar-refractivity contribution in [3.63, 3.8) is 0 Å². The Morgan fingerprint density at radius 3 is 2.57 bits per heavy atom. The first-order chi connectivity index (χ1) is 14.5. The molecule has 0 aliphatic carbocycles. The van der Waals surface area contributed by atoms with Crippen molar-refractivity contribution in [2.75, 3.05) is 26.1 Å². The van der Waals surface area contributed by atoms with E-state index in [1.54, 1.807) is 14.2 Å². The van der Waals surface area contributed by atoms with Gasteiger partial charge in [-0.05, 0) is 54.7 Å². The molecular weight excluding hydrogens is 382 g/mol. The molecule has 1 N–H and O–H groups in total. The van der Waals surface area contributed by atoms with Crippen LogP contribution in [0.25, 0.3) is 0 Å². The van der Waals surface area contributed by atoms with Gasteiger partial charge in [-0.25, -0.2) is 0 Å². The van der Waals surface area contributed by atoms with Crippen molar-refractivity contribution in [2.45, 2.75) is 25.7 Å². The minimum atomic E-state index is -0.415. The molecule has 2 rings (SSSR count). The quantitative estimate of drug-likeness (QED) is 0.416. The van der Waals surface area contributed by atoms with Gasteiger partial charge < -0.3 is 19.5 Å². The summed E-state index contributed by atoms with van der Waals surface area (Å²) in [6.07, 6.45) is 5.40. The lowest BCUT2D eigenvalue weighted by Crippen LogP contribution is -2.14. The highest BCUT2D eigenvalue weighted by atomic mass is 16.5. The van der Waals surface area contributed by atoms with Crippen LogP contribution >= 0.6 is 0 Å². The summed E-state index contributed by atoms with van der Waals surface area (Å²) < 4.78 is 15.5. The Kier molecular flexibility index (Phi) is 9.45. The molecule has 0 heterocycles. The summed E-state index contributed by atoms with van der Waals surface area (Å²) in [6.45, 7) is 3.63. The minimum Gasteiger partial charge on any atom is -0.493 e. The van der Waals surface area contributed by atoms with Crippen LogP contribution < -0.4 is 14.8 Å². The average molecular weight is 410 g/mol. The number of benzene rings is 2. The van der Waals surface area contributed by atoms with Gasteiger partial charge in [-0.15, -0.1) is 0 Å². The molecule has 6 heteroatoms. The lowest BCUT2D eigenvalue weighted by atomic mass is 10.0. The maximum Gasteiger partial charge on any atom is 0.306 e. The van der Waals surface area contributed by atoms with Gasteiger partial charge in [0.2, 0.25) is 5.91 Å². The summed E-state index contributed by atoms with van der Waals surface area (Å²) in [4.78, 5) is 23.5. The molecule has 0 saturated carbocycles. The second-order valence-corrected chi connectivity index (χ2v) is 6.58. The van der Waals surface area contributed by atoms with E-state index in [0.29, 0.717) is 17.2 Å². The monoisotopic (exact) mass is 410 g/mol. The zero-order valence-electron chi connectivity index (χ0n) is 17.5. The third-order valence-electron chi connectivity index (χ3n) is 4.35. The molecule has 0 fully saturated rings. The van der Waals surface area contributed by atoms with E-state index in [2.05, 4.69) is 18.3 Å². The minimum absolute atomic E-state index is 0.0385. The number of hydrogen-bond acceptors (Lipinski definition) is 5. The number of nitrogens with one attached hydrogen (secondary N) is 1. The van der Waals surface area contributed by atoms with Crippen molar-refractivity contribution >= 4 is 17.6 Å². The number of carbonyl (C=O) groups excluding carboxylic acids is 2. The van der Waals surface area contributed by atoms with Crippen molar-refractivity contribution in [3.05, 3.63) is 72.7 Å². The van der Waals surface area contributed by atoms with E-state index >= 15 is 0 Å². The number of rotatable bonds is 12. The summed E-state index contributed by atoms with van der Waals surface area (Å²) in [7, 11) is 3.24. The molecule has 159 valence electrons. The second-order valence-electron chi connectivity index (χ2n) is 6.58. The summed E-state index contributed by atoms with van der Waals surface area (Å²) in [6, 6.07) is 13.5. The number of aryl methyl sites for hydroxylation is 1. The van der Waals surface area contributed by atoms with E-state index < -0.39 is 5.97 Å². The van der Waals surface area contributed by atoms with Crippen LogP contribution in [0.1, 0.15) is 30.4 Å². The largest absolute Gasteiger partial charge is 0.493 e. The fraction of sp³-hybridized carbons (Fsp3) is 0.292. The summed E-state index contributed by atoms with van der Waals surface area (Å²) in [5, 5.41) is 2.81. The molecule has 1 amide bonds. The van der Waals surface area contributed by atoms with Crippen molar-refractivity contribution in [1.82, 2.24) is 0 Å². The van der Waals surface area contributed by atoms with Gasteiger partial charge in [-0.2, -0.15) is 0 Å². The van der Waals surface area contributed by atoms with Crippen molar-refractivity contribution < 1.29 is 23.8 Å². The highest BCUT2D eigenvalue weighted by Gasteiger charge is 2.09. The molecule has 30 heavy (non-hydrogen) atoms. The normalized spacial score (nSPS) is 10.2. The van der Waals surface area contributed by atoms with E-state index in [9.17, 15) is 9.59 Å². The van der Waals surface area contributed by atoms with Gasteiger partial charge in [0.05, 0.1) is 20.6 Å². The Bertz CT molecular complexity index is 862. The Hall–Kier alpha value is -3.28. The Labute approximate surface area is 177 Å². The van der Waals surface area contributed by atoms with Crippen LogP contribution in [0.4, 0.5) is 5.69 Å². The van der Waals surface area contributed by atoms with Gasteiger partial charge in [0.15, 0.2) is 11.5 Å². The van der Waals surface area contributed by atoms with Gasteiger partial charge in [0, 0.05) is 12.1 Å². The second kappa shape index (κ2) is 12.3. The van der Waals surface area contributed by atoms with Crippen LogP contribution in [0.5, 0.6) is 11.5 Å². The molecule has 2 aromatic rings. The molecule has 0 unspecified atom stereocenters. The van der Waals surface area contributed by atoms with E-state index in [1.165, 1.54) is 6.08 Å². The van der Waals surface area contributed by atoms with Crippen molar-refractivity contribution in [1.29, 1.82) is 0 Å². The lowest BCUT2D eigenvalue weighted by molar-refractivity contribution is -0.143. The number of methoxy groups -OCH3 is 2. The summed E-state index contributed by atoms with van der Waals surface area (Å²) in [5.41, 5.74) is 2.86. The summed E-state index contributed by atoms with van der Waals surface area (Å²) in [5.74, 6) is 0.783. The topological polar surface area (TPSA) is 73.9 Å². The van der Waals surface area contributed by atoms with E-state index in [1.807, 2.05) is 42.5 Å². The van der Waals surface area contributed by atoms with Crippen LogP contribution in [0.3, 0.4) is 0 Å². The van der Waals surface area contributed by atoms with Crippen molar-refractivity contribution in [3.8, 4) is 11.5 Å². The molecule has 0 bridgehead atoms. The molecule has 0 aliphatic rings. The maximum atomic E-state index is 12.0. The van der Waals surface area contributed by atoms with E-state index in [-0.39, 0.29) is 25.4 Å². The van der Waals surface area contributed by atoms with Crippen LogP contribution in [0.15, 0.2) is 55.1 Å². The zero-order chi connectivity index (χ0) is 21.8. The first kappa shape index (κ1) is 23.0. The predicted molar refractivity (Wildman–Crippen MR) is 117 cm³/mol. The number of esters is 1. The number of carbonyl (C=O) groups is 2. The van der Waals surface area contributed by atoms with Crippen LogP contribution in [0.2, 0.25) is 0 Å². The molecule has 6 nitrogen and oxygen atoms in total. The summed E-state index contributed by atoms with van der Waals surface area (Å²) >= 11 is 0. The van der Waals surface area contributed by atoms with Gasteiger partial charge in [-0.3, -0.25) is 9.59 Å². The fourth-order valence-electron chi connectivity index (χ4n) is 2.85. The van der Waals surface area contributed by atoms with Crippen molar-refractivity contribution in [2.24, 2.45) is 0 Å². The predicted octanol–water partition coefficient (Wildman–Crippen LogP) is 4.34. The fourth-order valence-corrected chi connectivity index (χ4v) is 2.85. The maximum absolute atomic E-state index is 12.0. The van der Waals surface area contributed by atoms with E-state index in [4.69, 9.17) is 14.2 Å². The van der Waals surface area contributed by atoms with Crippen LogP contribution in [-0.4, -0.2) is 32.7 Å². The number of hydrogen-bond donors (Lipinski definition) is 1. The first-order valence-corrected chi connectivity index (χ1v) is 9.76. The molecule has 0 saturated heterocycles. The highest BCUT2D eigenvalue weighted by Crippen LogP contribution is 2.28. The SMILES string of the molecule is C=CCOC(=O)CCC(=O)Nc1cccc([CH]CCc2ccc(OC)c(OC)c2)c1. The molecule has 0 aromatic heterocycles. The Morgan fingerprint density at radius 1 is 1.03 bits per heavy atom. The van der Waals surface area contributed by atoms with Gasteiger partial charge in [0.25, 0.3) is 0 Å². The highest BCUT2D eigenvalue weighted by molar-refractivity contribution is 5.92. The van der Waals surface area contributed by atoms with Crippen LogP contribution in [0, 0.1) is 6.42 Å². The smallest absolute Gasteiger partial charge is 0.306 e. The molecule has 1 radical (unpaired) electrons. The number of anilines is 1. The average Bonchev–Trinajstić information content (AvgIpc) is 2.76. The van der Waals surface area contributed by atoms with Gasteiger partial charge in [0.1, 0.15) is 6.61 Å². The zero-order valence-corrected chi connectivity index (χ0v) is 17.5. The number of amides is 1. The molecule has 2 aromatic carbocycles. The number of ether oxygens (including phenoxy) is 3. The van der Waals surface area contributed by atoms with Gasteiger partial charge in [-0.1, -0.05) is 30.9 Å².